The summed E-state index contributed by atoms with van der Waals surface area (Å²) in [6.07, 6.45) is -7.46. The van der Waals surface area contributed by atoms with Gasteiger partial charge < -0.3 is 19.3 Å². The van der Waals surface area contributed by atoms with Crippen molar-refractivity contribution in [3.63, 3.8) is 0 Å². The molecule has 0 aliphatic carbocycles. The zero-order valence-electron chi connectivity index (χ0n) is 22.8. The first-order valence-corrected chi connectivity index (χ1v) is 13.0. The number of halogens is 6. The number of rotatable bonds is 6. The molecule has 0 spiro atoms. The van der Waals surface area contributed by atoms with Crippen molar-refractivity contribution in [1.82, 2.24) is 9.80 Å². The highest BCUT2D eigenvalue weighted by molar-refractivity contribution is 5.46. The standard InChI is InChI=1S/2C13H15F3N2O3/c2*1-17-6-4-10(5-7-17)21-12-3-2-9(18(19)20)8-11(12)13(14,15)16/h2*2-3,8,10H,4-7H2,1H3. The molecule has 2 aliphatic heterocycles. The van der Waals surface area contributed by atoms with E-state index in [0.29, 0.717) is 37.8 Å². The van der Waals surface area contributed by atoms with Crippen LogP contribution >= 0.6 is 0 Å². The van der Waals surface area contributed by atoms with Gasteiger partial charge in [0.1, 0.15) is 34.8 Å². The van der Waals surface area contributed by atoms with Crippen LogP contribution in [0, 0.1) is 20.2 Å². The molecule has 4 rings (SSSR count). The molecular formula is C26H30F6N4O6. The van der Waals surface area contributed by atoms with Crippen LogP contribution in [0.25, 0.3) is 0 Å². The molecule has 0 amide bonds. The summed E-state index contributed by atoms with van der Waals surface area (Å²) in [5, 5.41) is 21.2. The number of nitro groups is 2. The first-order chi connectivity index (χ1) is 19.5. The van der Waals surface area contributed by atoms with E-state index in [1.54, 1.807) is 0 Å². The molecule has 0 saturated carbocycles. The third-order valence-electron chi connectivity index (χ3n) is 6.88. The zero-order valence-corrected chi connectivity index (χ0v) is 22.8. The minimum Gasteiger partial charge on any atom is -0.490 e. The van der Waals surface area contributed by atoms with E-state index < -0.39 is 44.7 Å². The summed E-state index contributed by atoms with van der Waals surface area (Å²) in [5.41, 5.74) is -3.40. The van der Waals surface area contributed by atoms with E-state index in [4.69, 9.17) is 9.47 Å². The number of piperidine rings is 2. The maximum absolute atomic E-state index is 13.0. The van der Waals surface area contributed by atoms with E-state index >= 15 is 0 Å². The van der Waals surface area contributed by atoms with Gasteiger partial charge in [0.15, 0.2) is 0 Å². The molecular weight excluding hydrogens is 578 g/mol. The van der Waals surface area contributed by atoms with Crippen molar-refractivity contribution >= 4 is 11.4 Å². The Kier molecular flexibility index (Phi) is 10.6. The summed E-state index contributed by atoms with van der Waals surface area (Å²) >= 11 is 0. The number of likely N-dealkylation sites (tertiary alicyclic amines) is 2. The molecule has 0 unspecified atom stereocenters. The first-order valence-electron chi connectivity index (χ1n) is 13.0. The van der Waals surface area contributed by atoms with Crippen molar-refractivity contribution < 1.29 is 45.7 Å². The lowest BCUT2D eigenvalue weighted by atomic mass is 10.1. The molecule has 0 N–H and O–H groups in total. The summed E-state index contributed by atoms with van der Waals surface area (Å²) < 4.78 is 88.8. The second-order valence-corrected chi connectivity index (χ2v) is 10.1. The molecule has 0 bridgehead atoms. The SMILES string of the molecule is CN1CCC(Oc2ccc([N+](=O)[O-])cc2C(F)(F)F)CC1.CN1CCC(Oc2ccc([N+](=O)[O-])cc2C(F)(F)F)CC1. The maximum Gasteiger partial charge on any atom is 0.420 e. The molecule has 2 fully saturated rings. The highest BCUT2D eigenvalue weighted by atomic mass is 19.4. The average molecular weight is 609 g/mol. The second kappa shape index (κ2) is 13.5. The Balaban J connectivity index is 0.000000230. The zero-order chi connectivity index (χ0) is 31.2. The van der Waals surface area contributed by atoms with Crippen LogP contribution in [-0.2, 0) is 12.4 Å². The Morgan fingerprint density at radius 2 is 0.976 bits per heavy atom. The molecule has 0 aromatic heterocycles. The van der Waals surface area contributed by atoms with Crippen LogP contribution in [0.3, 0.4) is 0 Å². The van der Waals surface area contributed by atoms with Gasteiger partial charge in [0.25, 0.3) is 11.4 Å². The van der Waals surface area contributed by atoms with Crippen molar-refractivity contribution in [2.75, 3.05) is 40.3 Å². The lowest BCUT2D eigenvalue weighted by Crippen LogP contribution is -2.36. The molecule has 2 aromatic rings. The van der Waals surface area contributed by atoms with E-state index in [1.165, 1.54) is 0 Å². The summed E-state index contributed by atoms with van der Waals surface area (Å²) in [5.74, 6) is -0.690. The lowest BCUT2D eigenvalue weighted by Gasteiger charge is -2.30. The van der Waals surface area contributed by atoms with Crippen molar-refractivity contribution in [3.8, 4) is 11.5 Å². The average Bonchev–Trinajstić information content (AvgIpc) is 2.90. The van der Waals surface area contributed by atoms with Crippen LogP contribution in [0.15, 0.2) is 36.4 Å². The van der Waals surface area contributed by atoms with Gasteiger partial charge in [-0.05, 0) is 51.9 Å². The number of hydrogen-bond acceptors (Lipinski definition) is 8. The number of ether oxygens (including phenoxy) is 2. The van der Waals surface area contributed by atoms with Crippen LogP contribution < -0.4 is 9.47 Å². The summed E-state index contributed by atoms with van der Waals surface area (Å²) in [4.78, 5) is 23.7. The highest BCUT2D eigenvalue weighted by Gasteiger charge is 2.38. The van der Waals surface area contributed by atoms with E-state index in [2.05, 4.69) is 9.80 Å². The summed E-state index contributed by atoms with van der Waals surface area (Å²) in [6.45, 7) is 3.00. The fraction of sp³-hybridized carbons (Fsp3) is 0.538. The quantitative estimate of drug-likeness (QED) is 0.217. The van der Waals surface area contributed by atoms with Gasteiger partial charge in [-0.2, -0.15) is 26.3 Å². The molecule has 0 radical (unpaired) electrons. The number of non-ortho nitro benzene ring substituents is 2. The van der Waals surface area contributed by atoms with E-state index in [1.807, 2.05) is 14.1 Å². The number of nitro benzene ring substituents is 2. The van der Waals surface area contributed by atoms with E-state index in [9.17, 15) is 46.6 Å². The molecule has 2 aromatic carbocycles. The lowest BCUT2D eigenvalue weighted by molar-refractivity contribution is -0.385. The third-order valence-corrected chi connectivity index (χ3v) is 6.88. The van der Waals surface area contributed by atoms with Gasteiger partial charge in [-0.3, -0.25) is 20.2 Å². The Hall–Kier alpha value is -3.66. The normalized spacial score (nSPS) is 17.7. The topological polar surface area (TPSA) is 111 Å². The number of nitrogens with zero attached hydrogens (tertiary/aromatic N) is 4. The van der Waals surface area contributed by atoms with Crippen LogP contribution in [0.5, 0.6) is 11.5 Å². The largest absolute Gasteiger partial charge is 0.490 e. The van der Waals surface area contributed by atoms with Crippen molar-refractivity contribution in [2.45, 2.75) is 50.2 Å². The van der Waals surface area contributed by atoms with Gasteiger partial charge in [-0.15, -0.1) is 0 Å². The van der Waals surface area contributed by atoms with Crippen LogP contribution in [-0.4, -0.2) is 72.1 Å². The van der Waals surface area contributed by atoms with Gasteiger partial charge in [0.05, 0.1) is 9.85 Å². The molecule has 0 atom stereocenters. The van der Waals surface area contributed by atoms with Gasteiger partial charge in [-0.25, -0.2) is 0 Å². The predicted molar refractivity (Wildman–Crippen MR) is 138 cm³/mol. The van der Waals surface area contributed by atoms with Gasteiger partial charge in [-0.1, -0.05) is 0 Å². The Morgan fingerprint density at radius 1 is 0.667 bits per heavy atom. The predicted octanol–water partition coefficient (Wildman–Crippen LogP) is 6.17. The van der Waals surface area contributed by atoms with Gasteiger partial charge in [0.2, 0.25) is 0 Å². The third kappa shape index (κ3) is 9.17. The molecule has 2 heterocycles. The first kappa shape index (κ1) is 32.8. The molecule has 2 saturated heterocycles. The van der Waals surface area contributed by atoms with Crippen LogP contribution in [0.2, 0.25) is 0 Å². The number of hydrogen-bond donors (Lipinski definition) is 0. The van der Waals surface area contributed by atoms with Crippen LogP contribution in [0.1, 0.15) is 36.8 Å². The smallest absolute Gasteiger partial charge is 0.420 e. The van der Waals surface area contributed by atoms with Crippen molar-refractivity contribution in [3.05, 3.63) is 67.8 Å². The Bertz CT molecular complexity index is 1150. The minimum atomic E-state index is -4.69. The fourth-order valence-electron chi connectivity index (χ4n) is 4.48. The maximum atomic E-state index is 13.0. The van der Waals surface area contributed by atoms with E-state index in [-0.39, 0.29) is 23.7 Å². The summed E-state index contributed by atoms with van der Waals surface area (Å²) in [7, 11) is 3.87. The van der Waals surface area contributed by atoms with Gasteiger partial charge in [0, 0.05) is 50.4 Å². The van der Waals surface area contributed by atoms with Gasteiger partial charge >= 0.3 is 12.4 Å². The van der Waals surface area contributed by atoms with Crippen molar-refractivity contribution in [1.29, 1.82) is 0 Å². The monoisotopic (exact) mass is 608 g/mol. The number of benzene rings is 2. The minimum absolute atomic E-state index is 0.302. The van der Waals surface area contributed by atoms with Crippen molar-refractivity contribution in [2.24, 2.45) is 0 Å². The molecule has 42 heavy (non-hydrogen) atoms. The second-order valence-electron chi connectivity index (χ2n) is 10.1. The molecule has 232 valence electrons. The van der Waals surface area contributed by atoms with E-state index in [0.717, 1.165) is 50.4 Å². The highest BCUT2D eigenvalue weighted by Crippen LogP contribution is 2.40. The Morgan fingerprint density at radius 3 is 1.24 bits per heavy atom. The molecule has 2 aliphatic rings. The summed E-state index contributed by atoms with van der Waals surface area (Å²) in [6, 6.07) is 5.15. The molecule has 10 nitrogen and oxygen atoms in total. The Labute approximate surface area is 237 Å². The molecule has 16 heteroatoms. The number of alkyl halides is 6. The van der Waals surface area contributed by atoms with Crippen LogP contribution in [0.4, 0.5) is 37.7 Å². The fourth-order valence-corrected chi connectivity index (χ4v) is 4.48.